The molecule has 5 heteroatoms. The number of hydrogen-bond acceptors (Lipinski definition) is 4. The summed E-state index contributed by atoms with van der Waals surface area (Å²) in [6.45, 7) is 5.94. The highest BCUT2D eigenvalue weighted by molar-refractivity contribution is 5.91. The number of ether oxygens (including phenoxy) is 1. The Bertz CT molecular complexity index is 718. The van der Waals surface area contributed by atoms with E-state index in [4.69, 9.17) is 4.74 Å². The van der Waals surface area contributed by atoms with Crippen molar-refractivity contribution in [1.29, 1.82) is 0 Å². The van der Waals surface area contributed by atoms with Gasteiger partial charge < -0.3 is 14.7 Å². The molecule has 2 aromatic rings. The van der Waals surface area contributed by atoms with Gasteiger partial charge in [-0.3, -0.25) is 4.79 Å². The molecule has 0 saturated carbocycles. The number of phenols is 1. The Morgan fingerprint density at radius 3 is 2.16 bits per heavy atom. The number of aromatic hydroxyl groups is 1. The molecule has 5 nitrogen and oxygen atoms in total. The van der Waals surface area contributed by atoms with E-state index in [0.717, 1.165) is 5.56 Å². The zero-order valence-electron chi connectivity index (χ0n) is 14.7. The molecule has 0 unspecified atom stereocenters. The molecule has 0 bridgehead atoms. The molecule has 132 valence electrons. The highest BCUT2D eigenvalue weighted by Crippen LogP contribution is 2.18. The second kappa shape index (κ2) is 7.83. The van der Waals surface area contributed by atoms with Gasteiger partial charge in [-0.2, -0.15) is 0 Å². The summed E-state index contributed by atoms with van der Waals surface area (Å²) < 4.78 is 5.13. The normalized spacial score (nSPS) is 11.0. The van der Waals surface area contributed by atoms with E-state index in [1.165, 1.54) is 24.3 Å². The summed E-state index contributed by atoms with van der Waals surface area (Å²) in [5.41, 5.74) is 0.893. The highest BCUT2D eigenvalue weighted by Gasteiger charge is 2.27. The van der Waals surface area contributed by atoms with Crippen LogP contribution in [0.4, 0.5) is 0 Å². The van der Waals surface area contributed by atoms with Crippen molar-refractivity contribution in [3.8, 4) is 5.75 Å². The summed E-state index contributed by atoms with van der Waals surface area (Å²) in [5, 5.41) is 9.25. The molecule has 0 radical (unpaired) electrons. The Labute approximate surface area is 147 Å². The van der Waals surface area contributed by atoms with Crippen LogP contribution in [0.2, 0.25) is 0 Å². The van der Waals surface area contributed by atoms with Crippen molar-refractivity contribution in [3.63, 3.8) is 0 Å². The first-order valence-corrected chi connectivity index (χ1v) is 8.08. The van der Waals surface area contributed by atoms with E-state index in [1.54, 1.807) is 4.90 Å². The van der Waals surface area contributed by atoms with Gasteiger partial charge >= 0.3 is 5.97 Å². The predicted molar refractivity (Wildman–Crippen MR) is 95.1 cm³/mol. The molecule has 1 N–H and O–H groups in total. The molecule has 0 aliphatic heterocycles. The van der Waals surface area contributed by atoms with Crippen LogP contribution in [-0.2, 0) is 16.1 Å². The molecular weight excluding hydrogens is 318 g/mol. The third-order valence-electron chi connectivity index (χ3n) is 3.72. The van der Waals surface area contributed by atoms with Crippen LogP contribution in [0.5, 0.6) is 5.75 Å². The van der Waals surface area contributed by atoms with E-state index in [1.807, 2.05) is 51.1 Å². The fraction of sp³-hybridized carbons (Fsp3) is 0.300. The minimum Gasteiger partial charge on any atom is -0.508 e. The van der Waals surface area contributed by atoms with Gasteiger partial charge in [0.05, 0.1) is 5.56 Å². The molecule has 0 spiro atoms. The van der Waals surface area contributed by atoms with Gasteiger partial charge in [-0.15, -0.1) is 0 Å². The van der Waals surface area contributed by atoms with E-state index in [9.17, 15) is 14.7 Å². The lowest BCUT2D eigenvalue weighted by atomic mass is 10.0. The van der Waals surface area contributed by atoms with E-state index < -0.39 is 11.5 Å². The van der Waals surface area contributed by atoms with E-state index >= 15 is 0 Å². The SMILES string of the molecule is CC(C)(C)N(Cc1ccccc1)C(=O)COC(=O)c1ccc(O)cc1. The van der Waals surface area contributed by atoms with E-state index in [0.29, 0.717) is 6.54 Å². The molecule has 2 aromatic carbocycles. The Kier molecular flexibility index (Phi) is 5.80. The van der Waals surface area contributed by atoms with Gasteiger partial charge in [-0.1, -0.05) is 30.3 Å². The quantitative estimate of drug-likeness (QED) is 0.847. The predicted octanol–water partition coefficient (Wildman–Crippen LogP) is 3.38. The van der Waals surface area contributed by atoms with Gasteiger partial charge in [0.15, 0.2) is 6.61 Å². The number of carbonyl (C=O) groups is 2. The van der Waals surface area contributed by atoms with Crippen LogP contribution in [0.3, 0.4) is 0 Å². The molecule has 0 aliphatic rings. The Hall–Kier alpha value is -2.82. The third-order valence-corrected chi connectivity index (χ3v) is 3.72. The summed E-state index contributed by atoms with van der Waals surface area (Å²) in [7, 11) is 0. The molecular formula is C20H23NO4. The molecule has 0 aliphatic carbocycles. The van der Waals surface area contributed by atoms with Crippen LogP contribution < -0.4 is 0 Å². The van der Waals surface area contributed by atoms with E-state index in [2.05, 4.69) is 0 Å². The smallest absolute Gasteiger partial charge is 0.338 e. The zero-order chi connectivity index (χ0) is 18.4. The van der Waals surface area contributed by atoms with E-state index in [-0.39, 0.29) is 23.8 Å². The summed E-state index contributed by atoms with van der Waals surface area (Å²) in [4.78, 5) is 26.3. The monoisotopic (exact) mass is 341 g/mol. The van der Waals surface area contributed by atoms with Crippen LogP contribution >= 0.6 is 0 Å². The van der Waals surface area contributed by atoms with Crippen LogP contribution in [0.1, 0.15) is 36.7 Å². The molecule has 0 fully saturated rings. The van der Waals surface area contributed by atoms with Crippen molar-refractivity contribution < 1.29 is 19.4 Å². The number of rotatable bonds is 5. The van der Waals surface area contributed by atoms with Gasteiger partial charge in [0.25, 0.3) is 5.91 Å². The maximum absolute atomic E-state index is 12.6. The standard InChI is InChI=1S/C20H23NO4/c1-20(2,3)21(13-15-7-5-4-6-8-15)18(23)14-25-19(24)16-9-11-17(22)12-10-16/h4-12,22H,13-14H2,1-3H3. The molecule has 2 rings (SSSR count). The van der Waals surface area contributed by atoms with Crippen LogP contribution in [0, 0.1) is 0 Å². The van der Waals surface area contributed by atoms with Crippen molar-refractivity contribution in [3.05, 3.63) is 65.7 Å². The molecule has 25 heavy (non-hydrogen) atoms. The number of carbonyl (C=O) groups excluding carboxylic acids is 2. The summed E-state index contributed by atoms with van der Waals surface area (Å²) in [5.74, 6) is -0.792. The van der Waals surface area contributed by atoms with Crippen molar-refractivity contribution >= 4 is 11.9 Å². The Morgan fingerprint density at radius 1 is 1.00 bits per heavy atom. The van der Waals surface area contributed by atoms with Gasteiger partial charge in [-0.05, 0) is 50.6 Å². The minimum atomic E-state index is -0.595. The second-order valence-electron chi connectivity index (χ2n) is 6.76. The molecule has 0 atom stereocenters. The average Bonchev–Trinajstić information content (AvgIpc) is 2.58. The van der Waals surface area contributed by atoms with Gasteiger partial charge in [-0.25, -0.2) is 4.79 Å². The first kappa shape index (κ1) is 18.5. The lowest BCUT2D eigenvalue weighted by Gasteiger charge is -2.35. The number of amides is 1. The molecule has 0 heterocycles. The Morgan fingerprint density at radius 2 is 1.60 bits per heavy atom. The van der Waals surface area contributed by atoms with Crippen molar-refractivity contribution in [2.75, 3.05) is 6.61 Å². The van der Waals surface area contributed by atoms with Crippen LogP contribution in [0.25, 0.3) is 0 Å². The topological polar surface area (TPSA) is 66.8 Å². The average molecular weight is 341 g/mol. The summed E-state index contributed by atoms with van der Waals surface area (Å²) >= 11 is 0. The number of esters is 1. The second-order valence-corrected chi connectivity index (χ2v) is 6.76. The lowest BCUT2D eigenvalue weighted by molar-refractivity contribution is -0.140. The maximum Gasteiger partial charge on any atom is 0.338 e. The van der Waals surface area contributed by atoms with Crippen molar-refractivity contribution in [2.24, 2.45) is 0 Å². The highest BCUT2D eigenvalue weighted by atomic mass is 16.5. The first-order valence-electron chi connectivity index (χ1n) is 8.08. The van der Waals surface area contributed by atoms with Crippen LogP contribution in [-0.4, -0.2) is 34.0 Å². The lowest BCUT2D eigenvalue weighted by Crippen LogP contribution is -2.46. The van der Waals surface area contributed by atoms with Crippen molar-refractivity contribution in [2.45, 2.75) is 32.9 Å². The third kappa shape index (κ3) is 5.35. The Balaban J connectivity index is 2.02. The van der Waals surface area contributed by atoms with Crippen LogP contribution in [0.15, 0.2) is 54.6 Å². The maximum atomic E-state index is 12.6. The largest absolute Gasteiger partial charge is 0.508 e. The fourth-order valence-corrected chi connectivity index (χ4v) is 2.35. The zero-order valence-corrected chi connectivity index (χ0v) is 14.7. The minimum absolute atomic E-state index is 0.0643. The fourth-order valence-electron chi connectivity index (χ4n) is 2.35. The summed E-state index contributed by atoms with van der Waals surface area (Å²) in [6, 6.07) is 15.4. The first-order chi connectivity index (χ1) is 11.8. The number of nitrogens with zero attached hydrogens (tertiary/aromatic N) is 1. The van der Waals surface area contributed by atoms with Gasteiger partial charge in [0.2, 0.25) is 0 Å². The summed E-state index contributed by atoms with van der Waals surface area (Å²) in [6.07, 6.45) is 0. The molecule has 1 amide bonds. The van der Waals surface area contributed by atoms with Gasteiger partial charge in [0, 0.05) is 12.1 Å². The number of benzene rings is 2. The number of phenolic OH excluding ortho intramolecular Hbond substituents is 1. The number of hydrogen-bond donors (Lipinski definition) is 1. The molecule has 0 aromatic heterocycles. The van der Waals surface area contributed by atoms with Gasteiger partial charge in [0.1, 0.15) is 5.75 Å². The molecule has 0 saturated heterocycles. The van der Waals surface area contributed by atoms with Crippen molar-refractivity contribution in [1.82, 2.24) is 4.90 Å².